The Labute approximate surface area is 274 Å². The fourth-order valence-corrected chi connectivity index (χ4v) is 5.11. The van der Waals surface area contributed by atoms with E-state index in [9.17, 15) is 32.7 Å². The Kier molecular flexibility index (Phi) is 10.0. The number of hydrogen-bond acceptors (Lipinski definition) is 6. The zero-order valence-corrected chi connectivity index (χ0v) is 26.0. The number of carbonyl (C=O) groups excluding carboxylic acids is 2. The molecule has 9 nitrogen and oxygen atoms in total. The van der Waals surface area contributed by atoms with Gasteiger partial charge in [0.05, 0.1) is 31.4 Å². The van der Waals surface area contributed by atoms with E-state index in [0.29, 0.717) is 17.9 Å². The summed E-state index contributed by atoms with van der Waals surface area (Å²) in [5, 5.41) is 12.0. The minimum absolute atomic E-state index is 0.0116. The van der Waals surface area contributed by atoms with Crippen LogP contribution >= 0.6 is 0 Å². The number of carbonyl (C=O) groups is 3. The van der Waals surface area contributed by atoms with Crippen molar-refractivity contribution in [3.05, 3.63) is 130 Å². The Bertz CT molecular complexity index is 1890. The highest BCUT2D eigenvalue weighted by atomic mass is 19.4. The second-order valence-electron chi connectivity index (χ2n) is 11.1. The predicted molar refractivity (Wildman–Crippen MR) is 175 cm³/mol. The van der Waals surface area contributed by atoms with Gasteiger partial charge in [0, 0.05) is 23.4 Å². The van der Waals surface area contributed by atoms with E-state index in [1.807, 2.05) is 43.3 Å². The number of halogens is 3. The molecule has 4 aromatic carbocycles. The van der Waals surface area contributed by atoms with Crippen molar-refractivity contribution in [2.24, 2.45) is 9.98 Å². The minimum atomic E-state index is -4.68. The summed E-state index contributed by atoms with van der Waals surface area (Å²) >= 11 is 0. The number of hydrogen-bond donors (Lipinski definition) is 2. The molecule has 0 aliphatic carbocycles. The van der Waals surface area contributed by atoms with E-state index < -0.39 is 42.5 Å². The third-order valence-electron chi connectivity index (χ3n) is 7.59. The molecule has 5 rings (SSSR count). The fraction of sp³-hybridized carbons (Fsp3) is 0.194. The van der Waals surface area contributed by atoms with Gasteiger partial charge in [0.25, 0.3) is 5.91 Å². The third-order valence-corrected chi connectivity index (χ3v) is 7.59. The second-order valence-corrected chi connectivity index (χ2v) is 11.1. The van der Waals surface area contributed by atoms with Crippen LogP contribution in [0, 0.1) is 6.92 Å². The number of aliphatic carboxylic acids is 1. The Morgan fingerprint density at radius 2 is 1.58 bits per heavy atom. The number of carboxylic acid groups (broad SMARTS) is 1. The zero-order valence-electron chi connectivity index (χ0n) is 26.0. The molecule has 0 aromatic heterocycles. The number of ether oxygens (including phenoxy) is 1. The molecule has 0 spiro atoms. The van der Waals surface area contributed by atoms with Gasteiger partial charge in [-0.1, -0.05) is 60.2 Å². The van der Waals surface area contributed by atoms with Gasteiger partial charge >= 0.3 is 12.1 Å². The average molecular weight is 657 g/mol. The molecular weight excluding hydrogens is 625 g/mol. The first kappa shape index (κ1) is 33.6. The van der Waals surface area contributed by atoms with Crippen LogP contribution in [0.2, 0.25) is 0 Å². The van der Waals surface area contributed by atoms with Crippen LogP contribution in [0.1, 0.15) is 43.7 Å². The molecule has 0 radical (unpaired) electrons. The number of aryl methyl sites for hydroxylation is 1. The van der Waals surface area contributed by atoms with Gasteiger partial charge in [-0.3, -0.25) is 19.4 Å². The molecule has 0 saturated heterocycles. The van der Waals surface area contributed by atoms with Crippen LogP contribution in [0.15, 0.2) is 101 Å². The number of amides is 2. The van der Waals surface area contributed by atoms with Gasteiger partial charge < -0.3 is 20.1 Å². The first-order valence-corrected chi connectivity index (χ1v) is 14.8. The van der Waals surface area contributed by atoms with Crippen molar-refractivity contribution < 1.29 is 37.4 Å². The van der Waals surface area contributed by atoms with E-state index >= 15 is 0 Å². The highest BCUT2D eigenvalue weighted by Gasteiger charge is 2.34. The fourth-order valence-electron chi connectivity index (χ4n) is 5.11. The number of anilines is 1. The number of alkyl halides is 3. The summed E-state index contributed by atoms with van der Waals surface area (Å²) < 4.78 is 45.5. The molecule has 48 heavy (non-hydrogen) atoms. The lowest BCUT2D eigenvalue weighted by atomic mass is 10.0. The van der Waals surface area contributed by atoms with Gasteiger partial charge in [0.15, 0.2) is 5.84 Å². The molecule has 0 bridgehead atoms. The maximum atomic E-state index is 13.5. The SMILES string of the molecule is COc1ccc(CC(=O)Nc2ccc(C(=O)N(CC(=O)O)Cc3ccc(C4=NCC(c5ccc(C)cc5)=N4)cc3)cc2)c(C(F)(F)F)c1. The molecule has 0 fully saturated rings. The summed E-state index contributed by atoms with van der Waals surface area (Å²) in [7, 11) is 1.25. The van der Waals surface area contributed by atoms with E-state index in [0.717, 1.165) is 28.5 Å². The smallest absolute Gasteiger partial charge is 0.416 e. The number of nitrogens with one attached hydrogen (secondary N) is 1. The van der Waals surface area contributed by atoms with Gasteiger partial charge in [-0.15, -0.1) is 0 Å². The number of methoxy groups -OCH3 is 1. The zero-order chi connectivity index (χ0) is 34.4. The van der Waals surface area contributed by atoms with Crippen molar-refractivity contribution in [1.82, 2.24) is 4.90 Å². The highest BCUT2D eigenvalue weighted by Crippen LogP contribution is 2.34. The molecule has 1 aliphatic rings. The number of amidine groups is 1. The quantitative estimate of drug-likeness (QED) is 0.200. The lowest BCUT2D eigenvalue weighted by Gasteiger charge is -2.21. The van der Waals surface area contributed by atoms with E-state index in [1.54, 1.807) is 12.1 Å². The van der Waals surface area contributed by atoms with E-state index in [1.165, 1.54) is 48.4 Å². The second kappa shape index (κ2) is 14.3. The van der Waals surface area contributed by atoms with Crippen LogP contribution in [0.5, 0.6) is 5.75 Å². The molecule has 1 heterocycles. The van der Waals surface area contributed by atoms with Gasteiger partial charge in [-0.05, 0) is 60.0 Å². The Morgan fingerprint density at radius 1 is 0.917 bits per heavy atom. The summed E-state index contributed by atoms with van der Waals surface area (Å²) in [6.07, 6.45) is -5.22. The van der Waals surface area contributed by atoms with E-state index in [-0.39, 0.29) is 29.1 Å². The highest BCUT2D eigenvalue weighted by molar-refractivity contribution is 6.17. The number of rotatable bonds is 11. The van der Waals surface area contributed by atoms with Crippen LogP contribution in [-0.2, 0) is 28.7 Å². The molecule has 12 heteroatoms. The third kappa shape index (κ3) is 8.32. The molecule has 0 unspecified atom stereocenters. The molecule has 2 N–H and O–H groups in total. The molecule has 2 amide bonds. The topological polar surface area (TPSA) is 121 Å². The monoisotopic (exact) mass is 656 g/mol. The van der Waals surface area contributed by atoms with Gasteiger partial charge in [0.1, 0.15) is 12.3 Å². The Morgan fingerprint density at radius 3 is 2.21 bits per heavy atom. The summed E-state index contributed by atoms with van der Waals surface area (Å²) in [4.78, 5) is 48.0. The van der Waals surface area contributed by atoms with Gasteiger partial charge in [0.2, 0.25) is 5.91 Å². The maximum absolute atomic E-state index is 13.5. The molecule has 0 atom stereocenters. The Hall–Kier alpha value is -5.78. The van der Waals surface area contributed by atoms with Crippen molar-refractivity contribution in [3.8, 4) is 5.75 Å². The number of nitrogens with zero attached hydrogens (tertiary/aromatic N) is 3. The van der Waals surface area contributed by atoms with Crippen LogP contribution in [0.4, 0.5) is 18.9 Å². The van der Waals surface area contributed by atoms with Crippen LogP contribution in [-0.4, -0.2) is 59.5 Å². The lowest BCUT2D eigenvalue weighted by molar-refractivity contribution is -0.139. The van der Waals surface area contributed by atoms with E-state index in [2.05, 4.69) is 15.3 Å². The summed E-state index contributed by atoms with van der Waals surface area (Å²) in [6.45, 7) is 1.93. The first-order valence-electron chi connectivity index (χ1n) is 14.8. The molecule has 0 saturated carbocycles. The number of carboxylic acids is 1. The first-order chi connectivity index (χ1) is 22.9. The lowest BCUT2D eigenvalue weighted by Crippen LogP contribution is -2.35. The van der Waals surface area contributed by atoms with Crippen molar-refractivity contribution in [2.45, 2.75) is 26.1 Å². The Balaban J connectivity index is 1.23. The van der Waals surface area contributed by atoms with Crippen LogP contribution in [0.25, 0.3) is 0 Å². The number of aliphatic imine (C=N–C) groups is 2. The molecule has 4 aromatic rings. The minimum Gasteiger partial charge on any atom is -0.497 e. The standard InChI is InChI=1S/C36H31F3N4O5/c1-22-3-7-24(8-4-22)31-19-40-34(42-31)25-9-5-23(6-10-25)20-43(21-33(45)46)35(47)26-11-14-28(15-12-26)41-32(44)17-27-13-16-29(48-2)18-30(27)36(37,38)39/h3-16,18H,17,19-21H2,1-2H3,(H,41,44)(H,45,46). The summed E-state index contributed by atoms with van der Waals surface area (Å²) in [5.74, 6) is -1.84. The van der Waals surface area contributed by atoms with Crippen molar-refractivity contribution in [1.29, 1.82) is 0 Å². The van der Waals surface area contributed by atoms with Crippen LogP contribution in [0.3, 0.4) is 0 Å². The molecular formula is C36H31F3N4O5. The molecule has 246 valence electrons. The van der Waals surface area contributed by atoms with Crippen molar-refractivity contribution in [2.75, 3.05) is 25.5 Å². The normalized spacial score (nSPS) is 12.6. The van der Waals surface area contributed by atoms with Gasteiger partial charge in [-0.2, -0.15) is 13.2 Å². The maximum Gasteiger partial charge on any atom is 0.416 e. The average Bonchev–Trinajstić information content (AvgIpc) is 3.55. The van der Waals surface area contributed by atoms with E-state index in [4.69, 9.17) is 4.74 Å². The number of benzene rings is 4. The van der Waals surface area contributed by atoms with Gasteiger partial charge in [-0.25, -0.2) is 4.99 Å². The molecule has 1 aliphatic heterocycles. The largest absolute Gasteiger partial charge is 0.497 e. The predicted octanol–water partition coefficient (Wildman–Crippen LogP) is 6.18. The summed E-state index contributed by atoms with van der Waals surface area (Å²) in [6, 6.07) is 24.3. The van der Waals surface area contributed by atoms with Crippen LogP contribution < -0.4 is 10.1 Å². The summed E-state index contributed by atoms with van der Waals surface area (Å²) in [5.41, 5.74) is 3.72. The van der Waals surface area contributed by atoms with Crippen molar-refractivity contribution >= 4 is 35.0 Å². The van der Waals surface area contributed by atoms with Crippen molar-refractivity contribution in [3.63, 3.8) is 0 Å².